The number of rotatable bonds is 5. The summed E-state index contributed by atoms with van der Waals surface area (Å²) in [5.41, 5.74) is 0. The van der Waals surface area contributed by atoms with Crippen molar-refractivity contribution >= 4 is 18.3 Å². The van der Waals surface area contributed by atoms with Crippen LogP contribution in [0.25, 0.3) is 0 Å². The second-order valence-corrected chi connectivity index (χ2v) is 1.73. The standard InChI is InChI=1S/C5H7NO5.2Na/c7-2-6-3(5(10)11)1-4(8)9;;/h2-3H,1H2,(H,6,7)(H,8,9)(H,10,11);;/q;2*+1/p-2/t3-;;/m0../s1. The molecule has 0 aromatic carbocycles. The Morgan fingerprint density at radius 1 is 1.31 bits per heavy atom. The second-order valence-electron chi connectivity index (χ2n) is 1.73. The van der Waals surface area contributed by atoms with Crippen LogP contribution in [0, 0.1) is 0 Å². The minimum Gasteiger partial charge on any atom is -0.550 e. The molecule has 1 amide bonds. The molecule has 0 bridgehead atoms. The Labute approximate surface area is 119 Å². The van der Waals surface area contributed by atoms with E-state index in [4.69, 9.17) is 0 Å². The molecule has 0 spiro atoms. The van der Waals surface area contributed by atoms with Crippen LogP contribution in [0.3, 0.4) is 0 Å². The van der Waals surface area contributed by atoms with E-state index in [2.05, 4.69) is 0 Å². The van der Waals surface area contributed by atoms with Crippen LogP contribution in [-0.2, 0) is 14.4 Å². The molecule has 0 aromatic heterocycles. The number of aliphatic carboxylic acids is 2. The molecule has 0 radical (unpaired) electrons. The molecule has 0 unspecified atom stereocenters. The topological polar surface area (TPSA) is 109 Å². The quantitative estimate of drug-likeness (QED) is 0.354. The molecule has 0 rings (SSSR count). The third kappa shape index (κ3) is 10.3. The van der Waals surface area contributed by atoms with Gasteiger partial charge in [-0.2, -0.15) is 0 Å². The Morgan fingerprint density at radius 3 is 2.00 bits per heavy atom. The Balaban J connectivity index is -0.000000500. The number of carbonyl (C=O) groups is 3. The average molecular weight is 205 g/mol. The smallest absolute Gasteiger partial charge is 0.550 e. The van der Waals surface area contributed by atoms with Gasteiger partial charge in [0.05, 0.1) is 12.0 Å². The van der Waals surface area contributed by atoms with Crippen LogP contribution in [0.15, 0.2) is 0 Å². The minimum atomic E-state index is -1.65. The number of carboxylic acid groups (broad SMARTS) is 2. The van der Waals surface area contributed by atoms with Crippen molar-refractivity contribution in [3.63, 3.8) is 0 Å². The summed E-state index contributed by atoms with van der Waals surface area (Å²) in [5, 5.41) is 21.6. The Hall–Kier alpha value is 0.410. The number of carbonyl (C=O) groups excluding carboxylic acids is 3. The van der Waals surface area contributed by atoms with Gasteiger partial charge in [0.15, 0.2) is 0 Å². The second kappa shape index (κ2) is 10.5. The summed E-state index contributed by atoms with van der Waals surface area (Å²) in [6.07, 6.45) is -0.704. The maximum absolute atomic E-state index is 10.0. The third-order valence-corrected chi connectivity index (χ3v) is 0.925. The molecule has 0 aromatic rings. The zero-order chi connectivity index (χ0) is 8.85. The van der Waals surface area contributed by atoms with Crippen LogP contribution < -0.4 is 74.6 Å². The van der Waals surface area contributed by atoms with Crippen LogP contribution in [-0.4, -0.2) is 24.4 Å². The van der Waals surface area contributed by atoms with Crippen LogP contribution in [0.4, 0.5) is 0 Å². The van der Waals surface area contributed by atoms with Gasteiger partial charge in [0.25, 0.3) is 0 Å². The number of nitrogens with one attached hydrogen (secondary N) is 1. The summed E-state index contributed by atoms with van der Waals surface area (Å²) in [5.74, 6) is -3.21. The first kappa shape index (κ1) is 19.1. The van der Waals surface area contributed by atoms with E-state index < -0.39 is 24.4 Å². The van der Waals surface area contributed by atoms with E-state index in [1.165, 1.54) is 0 Å². The van der Waals surface area contributed by atoms with Crippen molar-refractivity contribution < 1.29 is 83.7 Å². The number of hydrogen-bond donors (Lipinski definition) is 1. The fourth-order valence-corrected chi connectivity index (χ4v) is 0.459. The van der Waals surface area contributed by atoms with E-state index in [1.807, 2.05) is 0 Å². The van der Waals surface area contributed by atoms with Crippen molar-refractivity contribution in [3.05, 3.63) is 0 Å². The summed E-state index contributed by atoms with van der Waals surface area (Å²) < 4.78 is 0. The summed E-state index contributed by atoms with van der Waals surface area (Å²) in [7, 11) is 0. The van der Waals surface area contributed by atoms with Gasteiger partial charge in [-0.1, -0.05) is 0 Å². The number of hydrogen-bond acceptors (Lipinski definition) is 5. The monoisotopic (exact) mass is 205 g/mol. The normalized spacial score (nSPS) is 9.85. The molecule has 1 N–H and O–H groups in total. The van der Waals surface area contributed by atoms with Gasteiger partial charge >= 0.3 is 59.1 Å². The van der Waals surface area contributed by atoms with E-state index in [0.29, 0.717) is 0 Å². The summed E-state index contributed by atoms with van der Waals surface area (Å²) >= 11 is 0. The third-order valence-electron chi connectivity index (χ3n) is 0.925. The maximum atomic E-state index is 10.0. The van der Waals surface area contributed by atoms with Crippen molar-refractivity contribution in [1.29, 1.82) is 0 Å². The van der Waals surface area contributed by atoms with Gasteiger partial charge in [-0.25, -0.2) is 0 Å². The predicted octanol–water partition coefficient (Wildman–Crippen LogP) is -10.0. The summed E-state index contributed by atoms with van der Waals surface area (Å²) in [4.78, 5) is 29.5. The van der Waals surface area contributed by atoms with Crippen molar-refractivity contribution in [3.8, 4) is 0 Å². The first-order valence-electron chi connectivity index (χ1n) is 2.68. The average Bonchev–Trinajstić information content (AvgIpc) is 1.86. The Bertz CT molecular complexity index is 186. The fourth-order valence-electron chi connectivity index (χ4n) is 0.459. The molecule has 13 heavy (non-hydrogen) atoms. The van der Waals surface area contributed by atoms with Crippen molar-refractivity contribution in [1.82, 2.24) is 5.32 Å². The van der Waals surface area contributed by atoms with Crippen LogP contribution in [0.5, 0.6) is 0 Å². The van der Waals surface area contributed by atoms with Crippen LogP contribution in [0.2, 0.25) is 0 Å². The van der Waals surface area contributed by atoms with Crippen molar-refractivity contribution in [2.75, 3.05) is 0 Å². The van der Waals surface area contributed by atoms with E-state index >= 15 is 0 Å². The molecule has 6 nitrogen and oxygen atoms in total. The molecule has 0 saturated heterocycles. The van der Waals surface area contributed by atoms with Gasteiger partial charge in [-0.05, 0) is 0 Å². The summed E-state index contributed by atoms with van der Waals surface area (Å²) in [6.45, 7) is 0. The molecular weight excluding hydrogens is 200 g/mol. The van der Waals surface area contributed by atoms with Crippen LogP contribution >= 0.6 is 0 Å². The van der Waals surface area contributed by atoms with Gasteiger partial charge in [0, 0.05) is 12.4 Å². The number of amides is 1. The zero-order valence-electron chi connectivity index (χ0n) is 7.40. The van der Waals surface area contributed by atoms with E-state index in [-0.39, 0.29) is 65.5 Å². The molecule has 1 atom stereocenters. The first-order valence-corrected chi connectivity index (χ1v) is 2.68. The predicted molar refractivity (Wildman–Crippen MR) is 27.6 cm³/mol. The molecule has 0 aliphatic heterocycles. The molecule has 0 fully saturated rings. The molecule has 0 saturated carbocycles. The van der Waals surface area contributed by atoms with E-state index in [1.54, 1.807) is 5.32 Å². The van der Waals surface area contributed by atoms with Crippen molar-refractivity contribution in [2.45, 2.75) is 12.5 Å². The molecule has 0 aliphatic carbocycles. The van der Waals surface area contributed by atoms with E-state index in [9.17, 15) is 24.6 Å². The zero-order valence-corrected chi connectivity index (χ0v) is 11.4. The largest absolute Gasteiger partial charge is 1.00 e. The molecule has 0 heterocycles. The van der Waals surface area contributed by atoms with Gasteiger partial charge in [0.2, 0.25) is 6.41 Å². The molecular formula is C5H5NNa2O5. The van der Waals surface area contributed by atoms with Crippen LogP contribution in [0.1, 0.15) is 6.42 Å². The SMILES string of the molecule is O=CN[C@@H](CC(=O)[O-])C(=O)[O-].[Na+].[Na+]. The molecule has 8 heteroatoms. The van der Waals surface area contributed by atoms with Crippen molar-refractivity contribution in [2.24, 2.45) is 0 Å². The summed E-state index contributed by atoms with van der Waals surface area (Å²) in [6, 6.07) is -1.52. The number of carboxylic acids is 2. The molecule has 62 valence electrons. The van der Waals surface area contributed by atoms with E-state index in [0.717, 1.165) is 0 Å². The Kier molecular flexibility index (Phi) is 15.4. The fraction of sp³-hybridized carbons (Fsp3) is 0.400. The Morgan fingerprint density at radius 2 is 1.77 bits per heavy atom. The van der Waals surface area contributed by atoms with Gasteiger partial charge in [0.1, 0.15) is 0 Å². The minimum absolute atomic E-state index is 0. The molecule has 0 aliphatic rings. The van der Waals surface area contributed by atoms with Gasteiger partial charge in [-0.15, -0.1) is 0 Å². The maximum Gasteiger partial charge on any atom is 1.00 e. The van der Waals surface area contributed by atoms with Gasteiger partial charge < -0.3 is 25.1 Å². The van der Waals surface area contributed by atoms with Gasteiger partial charge in [-0.3, -0.25) is 4.79 Å². The first-order chi connectivity index (χ1) is 5.07.